The molecule has 0 radical (unpaired) electrons. The molecule has 3 aromatic rings. The summed E-state index contributed by atoms with van der Waals surface area (Å²) in [5.74, 6) is 0.123. The number of carbonyl (C=O) groups is 1. The molecule has 1 fully saturated rings. The van der Waals surface area contributed by atoms with E-state index in [0.717, 1.165) is 57.5 Å². The van der Waals surface area contributed by atoms with Crippen LogP contribution < -0.4 is 19.7 Å². The fourth-order valence-corrected chi connectivity index (χ4v) is 7.00. The highest BCUT2D eigenvalue weighted by Gasteiger charge is 2.30. The van der Waals surface area contributed by atoms with Crippen molar-refractivity contribution in [2.75, 3.05) is 49.5 Å². The van der Waals surface area contributed by atoms with Gasteiger partial charge in [0.05, 0.1) is 5.69 Å². The number of piperazine rings is 1. The summed E-state index contributed by atoms with van der Waals surface area (Å²) in [5.41, 5.74) is 3.24. The van der Waals surface area contributed by atoms with E-state index in [9.17, 15) is 13.2 Å². The van der Waals surface area contributed by atoms with E-state index in [1.54, 1.807) is 42.5 Å². The number of likely N-dealkylation sites (N-methyl/N-ethyl adjacent to an activating group) is 1. The van der Waals surface area contributed by atoms with Gasteiger partial charge in [-0.2, -0.15) is 0 Å². The van der Waals surface area contributed by atoms with E-state index in [2.05, 4.69) is 32.8 Å². The third kappa shape index (κ3) is 6.78. The Bertz CT molecular complexity index is 1440. The predicted octanol–water partition coefficient (Wildman–Crippen LogP) is 4.86. The number of amides is 1. The number of halogens is 1. The van der Waals surface area contributed by atoms with Gasteiger partial charge >= 0.3 is 0 Å². The average Bonchev–Trinajstić information content (AvgIpc) is 2.97. The highest BCUT2D eigenvalue weighted by atomic mass is 35.5. The largest absolute Gasteiger partial charge is 0.484 e. The molecule has 1 amide bonds. The fourth-order valence-electron chi connectivity index (χ4n) is 5.38. The molecule has 212 valence electrons. The second-order valence-corrected chi connectivity index (χ2v) is 12.3. The molecule has 1 atom stereocenters. The summed E-state index contributed by atoms with van der Waals surface area (Å²) in [7, 11) is -3.92. The molecule has 0 saturated carbocycles. The molecule has 5 rings (SSSR count). The van der Waals surface area contributed by atoms with Crippen molar-refractivity contribution in [3.05, 3.63) is 82.9 Å². The van der Waals surface area contributed by atoms with Crippen LogP contribution in [-0.2, 0) is 21.2 Å². The Morgan fingerprint density at radius 2 is 1.77 bits per heavy atom. The lowest BCUT2D eigenvalue weighted by Crippen LogP contribution is -2.46. The summed E-state index contributed by atoms with van der Waals surface area (Å²) >= 11 is 5.91. The topological polar surface area (TPSA) is 91.0 Å². The van der Waals surface area contributed by atoms with Crippen molar-refractivity contribution in [3.8, 4) is 5.75 Å². The lowest BCUT2D eigenvalue weighted by atomic mass is 9.88. The van der Waals surface area contributed by atoms with Crippen LogP contribution in [0.3, 0.4) is 0 Å². The Morgan fingerprint density at radius 3 is 2.52 bits per heavy atom. The molecular weight excluding hydrogens is 548 g/mol. The molecule has 0 unspecified atom stereocenters. The van der Waals surface area contributed by atoms with E-state index in [0.29, 0.717) is 22.1 Å². The Kier molecular flexibility index (Phi) is 8.95. The number of nitrogens with zero attached hydrogens (tertiary/aromatic N) is 2. The van der Waals surface area contributed by atoms with Crippen molar-refractivity contribution >= 4 is 38.9 Å². The van der Waals surface area contributed by atoms with Crippen LogP contribution >= 0.6 is 11.6 Å². The number of rotatable bonds is 9. The predicted molar refractivity (Wildman–Crippen MR) is 159 cm³/mol. The van der Waals surface area contributed by atoms with Gasteiger partial charge in [0.1, 0.15) is 10.6 Å². The van der Waals surface area contributed by atoms with Gasteiger partial charge in [-0.05, 0) is 79.4 Å². The standard InChI is InChI=1S/C30H35ClN4O4S/c1-2-34-16-18-35(19-17-34)28-15-12-24(32-30(36)21-39-25-13-10-23(31)11-14-25)20-29(28)40(37,38)33-27-9-5-7-22-6-3-4-8-26(22)27/h3-4,6,8,10-15,20,27,33H,2,5,7,9,16-19,21H2,1H3,(H,32,36)/t27-/m0/s1. The lowest BCUT2D eigenvalue weighted by molar-refractivity contribution is -0.118. The minimum absolute atomic E-state index is 0.164. The molecule has 40 heavy (non-hydrogen) atoms. The highest BCUT2D eigenvalue weighted by Crippen LogP contribution is 2.34. The highest BCUT2D eigenvalue weighted by molar-refractivity contribution is 7.89. The Balaban J connectivity index is 1.38. The lowest BCUT2D eigenvalue weighted by Gasteiger charge is -2.36. The van der Waals surface area contributed by atoms with E-state index >= 15 is 0 Å². The molecule has 1 saturated heterocycles. The van der Waals surface area contributed by atoms with Crippen LogP contribution in [-0.4, -0.2) is 58.6 Å². The van der Waals surface area contributed by atoms with Gasteiger partial charge in [0.25, 0.3) is 5.91 Å². The molecule has 0 spiro atoms. The Labute approximate surface area is 241 Å². The zero-order valence-corrected chi connectivity index (χ0v) is 24.2. The van der Waals surface area contributed by atoms with Crippen LogP contribution in [0.4, 0.5) is 11.4 Å². The zero-order valence-electron chi connectivity index (χ0n) is 22.6. The first kappa shape index (κ1) is 28.4. The number of nitrogens with one attached hydrogen (secondary N) is 2. The van der Waals surface area contributed by atoms with Crippen LogP contribution in [0.25, 0.3) is 0 Å². The molecule has 8 nitrogen and oxygen atoms in total. The summed E-state index contributed by atoms with van der Waals surface area (Å²) in [6.45, 7) is 6.05. The first-order chi connectivity index (χ1) is 19.3. The first-order valence-corrected chi connectivity index (χ1v) is 15.6. The molecule has 10 heteroatoms. The van der Waals surface area contributed by atoms with Gasteiger partial charge in [-0.15, -0.1) is 0 Å². The van der Waals surface area contributed by atoms with Crippen LogP contribution in [0.1, 0.15) is 36.9 Å². The molecule has 1 aliphatic heterocycles. The molecule has 0 aromatic heterocycles. The van der Waals surface area contributed by atoms with Gasteiger partial charge in [0.2, 0.25) is 10.0 Å². The monoisotopic (exact) mass is 582 g/mol. The number of anilines is 2. The van der Waals surface area contributed by atoms with Gasteiger partial charge in [-0.3, -0.25) is 4.79 Å². The fraction of sp³-hybridized carbons (Fsp3) is 0.367. The van der Waals surface area contributed by atoms with Gasteiger partial charge in [-0.25, -0.2) is 13.1 Å². The van der Waals surface area contributed by atoms with Crippen LogP contribution in [0.2, 0.25) is 5.02 Å². The van der Waals surface area contributed by atoms with E-state index in [4.69, 9.17) is 16.3 Å². The number of hydrogen-bond acceptors (Lipinski definition) is 6. The van der Waals surface area contributed by atoms with E-state index < -0.39 is 15.9 Å². The van der Waals surface area contributed by atoms with Crippen molar-refractivity contribution in [2.45, 2.75) is 37.1 Å². The number of fused-ring (bicyclic) bond motifs is 1. The Morgan fingerprint density at radius 1 is 1.02 bits per heavy atom. The maximum absolute atomic E-state index is 14.0. The van der Waals surface area contributed by atoms with Crippen molar-refractivity contribution in [3.63, 3.8) is 0 Å². The third-order valence-corrected chi connectivity index (χ3v) is 9.30. The van der Waals surface area contributed by atoms with Crippen molar-refractivity contribution in [2.24, 2.45) is 0 Å². The minimum Gasteiger partial charge on any atom is -0.484 e. The number of carbonyl (C=O) groups excluding carboxylic acids is 1. The van der Waals surface area contributed by atoms with Crippen molar-refractivity contribution in [1.82, 2.24) is 9.62 Å². The van der Waals surface area contributed by atoms with Gasteiger partial charge in [0, 0.05) is 42.9 Å². The average molecular weight is 583 g/mol. The number of sulfonamides is 1. The van der Waals surface area contributed by atoms with Gasteiger partial charge < -0.3 is 19.9 Å². The van der Waals surface area contributed by atoms with Gasteiger partial charge in [0.15, 0.2) is 6.61 Å². The number of benzene rings is 3. The van der Waals surface area contributed by atoms with Crippen LogP contribution in [0, 0.1) is 0 Å². The normalized spacial score (nSPS) is 17.8. The molecule has 2 N–H and O–H groups in total. The summed E-state index contributed by atoms with van der Waals surface area (Å²) < 4.78 is 36.5. The second kappa shape index (κ2) is 12.6. The molecule has 3 aromatic carbocycles. The molecule has 1 heterocycles. The first-order valence-electron chi connectivity index (χ1n) is 13.7. The summed E-state index contributed by atoms with van der Waals surface area (Å²) in [6.07, 6.45) is 2.60. The quantitative estimate of drug-likeness (QED) is 0.375. The van der Waals surface area contributed by atoms with Gasteiger partial charge in [-0.1, -0.05) is 42.8 Å². The zero-order chi connectivity index (χ0) is 28.1. The third-order valence-electron chi connectivity index (χ3n) is 7.54. The smallest absolute Gasteiger partial charge is 0.262 e. The Hall–Kier alpha value is -3.11. The number of aryl methyl sites for hydroxylation is 1. The number of ether oxygens (including phenoxy) is 1. The van der Waals surface area contributed by atoms with E-state index in [1.807, 2.05) is 18.2 Å². The summed E-state index contributed by atoms with van der Waals surface area (Å²) in [5, 5.41) is 3.37. The van der Waals surface area contributed by atoms with E-state index in [1.165, 1.54) is 5.56 Å². The summed E-state index contributed by atoms with van der Waals surface area (Å²) in [4.78, 5) is 17.3. The van der Waals surface area contributed by atoms with Crippen LogP contribution in [0.5, 0.6) is 5.75 Å². The molecule has 1 aliphatic carbocycles. The minimum atomic E-state index is -3.92. The van der Waals surface area contributed by atoms with Crippen molar-refractivity contribution < 1.29 is 17.9 Å². The number of hydrogen-bond donors (Lipinski definition) is 2. The second-order valence-electron chi connectivity index (χ2n) is 10.2. The maximum atomic E-state index is 14.0. The maximum Gasteiger partial charge on any atom is 0.262 e. The van der Waals surface area contributed by atoms with E-state index in [-0.39, 0.29) is 17.5 Å². The molecule has 2 aliphatic rings. The van der Waals surface area contributed by atoms with Crippen molar-refractivity contribution in [1.29, 1.82) is 0 Å². The molecule has 0 bridgehead atoms. The van der Waals surface area contributed by atoms with Crippen LogP contribution in [0.15, 0.2) is 71.6 Å². The molecular formula is C30H35ClN4O4S. The summed E-state index contributed by atoms with van der Waals surface area (Å²) in [6, 6.07) is 19.5. The SMILES string of the molecule is CCN1CCN(c2ccc(NC(=O)COc3ccc(Cl)cc3)cc2S(=O)(=O)N[C@H]2CCCc3ccccc32)CC1.